The number of aromatic nitrogens is 4. The molecule has 3 aromatic rings. The molecule has 0 saturated heterocycles. The lowest BCUT2D eigenvalue weighted by atomic mass is 10.1. The van der Waals surface area contributed by atoms with Gasteiger partial charge in [0.15, 0.2) is 10.3 Å². The Hall–Kier alpha value is -2.19. The maximum absolute atomic E-state index is 12.0. The molecule has 1 aromatic carbocycles. The van der Waals surface area contributed by atoms with E-state index in [9.17, 15) is 4.79 Å². The van der Waals surface area contributed by atoms with Crippen molar-refractivity contribution in [2.75, 3.05) is 11.1 Å². The van der Waals surface area contributed by atoms with E-state index < -0.39 is 0 Å². The molecule has 0 bridgehead atoms. The number of amides is 1. The standard InChI is InChI=1S/C16H17N5OS2/c1-10-4-5-13(6-11(10)2)21-9-17-20-16(21)24-8-14(22)19-15-18-12(3)7-23-15/h4-7,9H,8H2,1-3H3,(H,18,19,22). The summed E-state index contributed by atoms with van der Waals surface area (Å²) in [5, 5.41) is 14.1. The molecule has 0 aliphatic rings. The summed E-state index contributed by atoms with van der Waals surface area (Å²) < 4.78 is 1.89. The molecule has 0 fully saturated rings. The predicted octanol–water partition coefficient (Wildman–Crippen LogP) is 3.38. The van der Waals surface area contributed by atoms with Gasteiger partial charge in [0.1, 0.15) is 6.33 Å². The van der Waals surface area contributed by atoms with Crippen LogP contribution < -0.4 is 5.32 Å². The average Bonchev–Trinajstić information content (AvgIpc) is 3.17. The number of nitrogens with zero attached hydrogens (tertiary/aromatic N) is 4. The van der Waals surface area contributed by atoms with Crippen molar-refractivity contribution >= 4 is 34.1 Å². The van der Waals surface area contributed by atoms with Gasteiger partial charge < -0.3 is 5.32 Å². The summed E-state index contributed by atoms with van der Waals surface area (Å²) in [6.45, 7) is 6.04. The van der Waals surface area contributed by atoms with Crippen LogP contribution in [0, 0.1) is 20.8 Å². The molecule has 0 spiro atoms. The van der Waals surface area contributed by atoms with Crippen LogP contribution in [-0.2, 0) is 4.79 Å². The lowest BCUT2D eigenvalue weighted by Crippen LogP contribution is -2.14. The second-order valence-electron chi connectivity index (χ2n) is 5.38. The lowest BCUT2D eigenvalue weighted by molar-refractivity contribution is -0.113. The molecule has 2 heterocycles. The van der Waals surface area contributed by atoms with E-state index in [0.29, 0.717) is 10.3 Å². The molecular weight excluding hydrogens is 342 g/mol. The van der Waals surface area contributed by atoms with Crippen LogP contribution in [-0.4, -0.2) is 31.4 Å². The van der Waals surface area contributed by atoms with Gasteiger partial charge in [-0.3, -0.25) is 9.36 Å². The van der Waals surface area contributed by atoms with Crippen LogP contribution in [0.1, 0.15) is 16.8 Å². The topological polar surface area (TPSA) is 72.7 Å². The van der Waals surface area contributed by atoms with E-state index in [4.69, 9.17) is 0 Å². The first kappa shape index (κ1) is 16.7. The van der Waals surface area contributed by atoms with Gasteiger partial charge in [0.25, 0.3) is 0 Å². The quantitative estimate of drug-likeness (QED) is 0.707. The largest absolute Gasteiger partial charge is 0.301 e. The summed E-state index contributed by atoms with van der Waals surface area (Å²) in [5.41, 5.74) is 4.33. The molecule has 0 unspecified atom stereocenters. The summed E-state index contributed by atoms with van der Waals surface area (Å²) in [7, 11) is 0. The van der Waals surface area contributed by atoms with Crippen molar-refractivity contribution in [3.05, 3.63) is 46.7 Å². The van der Waals surface area contributed by atoms with Crippen LogP contribution in [0.25, 0.3) is 5.69 Å². The first-order chi connectivity index (χ1) is 11.5. The van der Waals surface area contributed by atoms with E-state index in [-0.39, 0.29) is 11.7 Å². The molecule has 0 atom stereocenters. The van der Waals surface area contributed by atoms with Gasteiger partial charge in [0.2, 0.25) is 5.91 Å². The second-order valence-corrected chi connectivity index (χ2v) is 7.18. The van der Waals surface area contributed by atoms with Gasteiger partial charge >= 0.3 is 0 Å². The van der Waals surface area contributed by atoms with Crippen LogP contribution in [0.4, 0.5) is 5.13 Å². The van der Waals surface area contributed by atoms with Gasteiger partial charge in [-0.2, -0.15) is 0 Å². The Balaban J connectivity index is 1.67. The van der Waals surface area contributed by atoms with Gasteiger partial charge in [-0.25, -0.2) is 4.98 Å². The fourth-order valence-electron chi connectivity index (χ4n) is 2.07. The third kappa shape index (κ3) is 3.82. The Morgan fingerprint density at radius 3 is 2.83 bits per heavy atom. The van der Waals surface area contributed by atoms with Crippen LogP contribution >= 0.6 is 23.1 Å². The van der Waals surface area contributed by atoms with Crippen molar-refractivity contribution in [1.82, 2.24) is 19.7 Å². The van der Waals surface area contributed by atoms with E-state index >= 15 is 0 Å². The summed E-state index contributed by atoms with van der Waals surface area (Å²) in [6.07, 6.45) is 1.66. The minimum atomic E-state index is -0.107. The fraction of sp³-hybridized carbons (Fsp3) is 0.250. The number of anilines is 1. The van der Waals surface area contributed by atoms with Gasteiger partial charge in [-0.05, 0) is 44.0 Å². The predicted molar refractivity (Wildman–Crippen MR) is 97.0 cm³/mol. The van der Waals surface area contributed by atoms with E-state index in [1.54, 1.807) is 6.33 Å². The van der Waals surface area contributed by atoms with Crippen LogP contribution in [0.5, 0.6) is 0 Å². The highest BCUT2D eigenvalue weighted by molar-refractivity contribution is 7.99. The van der Waals surface area contributed by atoms with E-state index in [0.717, 1.165) is 11.4 Å². The number of thiazole rings is 1. The molecule has 0 saturated carbocycles. The van der Waals surface area contributed by atoms with Crippen molar-refractivity contribution in [2.24, 2.45) is 0 Å². The monoisotopic (exact) mass is 359 g/mol. The Morgan fingerprint density at radius 2 is 2.12 bits per heavy atom. The van der Waals surface area contributed by atoms with Crippen molar-refractivity contribution in [3.63, 3.8) is 0 Å². The molecule has 24 heavy (non-hydrogen) atoms. The molecule has 0 aliphatic carbocycles. The SMILES string of the molecule is Cc1csc(NC(=O)CSc2nncn2-c2ccc(C)c(C)c2)n1. The van der Waals surface area contributed by atoms with Crippen molar-refractivity contribution in [3.8, 4) is 5.69 Å². The second kappa shape index (κ2) is 7.14. The molecule has 8 heteroatoms. The first-order valence-corrected chi connectivity index (χ1v) is 9.22. The number of benzene rings is 1. The number of hydrogen-bond acceptors (Lipinski definition) is 6. The zero-order chi connectivity index (χ0) is 17.1. The molecule has 124 valence electrons. The highest BCUT2D eigenvalue weighted by Gasteiger charge is 2.12. The van der Waals surface area contributed by atoms with E-state index in [1.165, 1.54) is 34.2 Å². The minimum Gasteiger partial charge on any atom is -0.301 e. The van der Waals surface area contributed by atoms with Crippen molar-refractivity contribution in [2.45, 2.75) is 25.9 Å². The number of nitrogens with one attached hydrogen (secondary N) is 1. The van der Waals surface area contributed by atoms with Crippen molar-refractivity contribution < 1.29 is 4.79 Å². The normalized spacial score (nSPS) is 10.8. The van der Waals surface area contributed by atoms with Crippen LogP contribution in [0.3, 0.4) is 0 Å². The molecule has 0 aliphatic heterocycles. The number of carbonyl (C=O) groups excluding carboxylic acids is 1. The number of thioether (sulfide) groups is 1. The molecular formula is C16H17N5OS2. The first-order valence-electron chi connectivity index (χ1n) is 7.35. The van der Waals surface area contributed by atoms with Crippen molar-refractivity contribution in [1.29, 1.82) is 0 Å². The smallest absolute Gasteiger partial charge is 0.236 e. The van der Waals surface area contributed by atoms with Gasteiger partial charge in [0.05, 0.1) is 11.4 Å². The van der Waals surface area contributed by atoms with E-state index in [2.05, 4.69) is 46.5 Å². The average molecular weight is 359 g/mol. The Labute approximate surface area is 148 Å². The third-order valence-electron chi connectivity index (χ3n) is 3.48. The summed E-state index contributed by atoms with van der Waals surface area (Å²) in [6, 6.07) is 6.17. The third-order valence-corrected chi connectivity index (χ3v) is 5.30. The number of carbonyl (C=O) groups is 1. The summed E-state index contributed by atoms with van der Waals surface area (Å²) in [5.74, 6) is 0.145. The number of aryl methyl sites for hydroxylation is 3. The fourth-order valence-corrected chi connectivity index (χ4v) is 3.51. The molecule has 0 radical (unpaired) electrons. The Morgan fingerprint density at radius 1 is 1.29 bits per heavy atom. The molecule has 1 N–H and O–H groups in total. The lowest BCUT2D eigenvalue weighted by Gasteiger charge is -2.08. The van der Waals surface area contributed by atoms with Gasteiger partial charge in [-0.15, -0.1) is 21.5 Å². The Bertz CT molecular complexity index is 871. The summed E-state index contributed by atoms with van der Waals surface area (Å²) >= 11 is 2.77. The van der Waals surface area contributed by atoms with Gasteiger partial charge in [0, 0.05) is 11.1 Å². The molecule has 3 rings (SSSR count). The zero-order valence-corrected chi connectivity index (χ0v) is 15.2. The molecule has 2 aromatic heterocycles. The number of hydrogen-bond donors (Lipinski definition) is 1. The molecule has 1 amide bonds. The van der Waals surface area contributed by atoms with Crippen LogP contribution in [0.2, 0.25) is 0 Å². The number of rotatable bonds is 5. The van der Waals surface area contributed by atoms with E-state index in [1.807, 2.05) is 22.9 Å². The molecule has 6 nitrogen and oxygen atoms in total. The zero-order valence-electron chi connectivity index (χ0n) is 13.6. The maximum atomic E-state index is 12.0. The summed E-state index contributed by atoms with van der Waals surface area (Å²) in [4.78, 5) is 16.3. The van der Waals surface area contributed by atoms with Gasteiger partial charge in [-0.1, -0.05) is 17.8 Å². The highest BCUT2D eigenvalue weighted by Crippen LogP contribution is 2.22. The van der Waals surface area contributed by atoms with Crippen LogP contribution in [0.15, 0.2) is 35.1 Å². The Kier molecular flexibility index (Phi) is 4.96. The maximum Gasteiger partial charge on any atom is 0.236 e. The highest BCUT2D eigenvalue weighted by atomic mass is 32.2. The minimum absolute atomic E-state index is 0.107.